The van der Waals surface area contributed by atoms with Gasteiger partial charge in [0.2, 0.25) is 0 Å². The Bertz CT molecular complexity index is 855. The van der Waals surface area contributed by atoms with E-state index in [-0.39, 0.29) is 23.3 Å². The molecule has 24 heavy (non-hydrogen) atoms. The summed E-state index contributed by atoms with van der Waals surface area (Å²) in [5.41, 5.74) is 1.47. The normalized spacial score (nSPS) is 10.2. The summed E-state index contributed by atoms with van der Waals surface area (Å²) in [5.74, 6) is -0.397. The SMILES string of the molecule is O=C(Nc1cccc(O)c1)c1ccc(NC(=O)c2ccco2)cc1. The average molecular weight is 322 g/mol. The predicted octanol–water partition coefficient (Wildman–Crippen LogP) is 3.49. The number of rotatable bonds is 4. The van der Waals surface area contributed by atoms with Crippen molar-refractivity contribution in [1.82, 2.24) is 0 Å². The summed E-state index contributed by atoms with van der Waals surface area (Å²) in [4.78, 5) is 24.0. The van der Waals surface area contributed by atoms with E-state index in [1.165, 1.54) is 18.4 Å². The third-order valence-electron chi connectivity index (χ3n) is 3.25. The number of carbonyl (C=O) groups excluding carboxylic acids is 2. The molecule has 2 aromatic carbocycles. The zero-order chi connectivity index (χ0) is 16.9. The highest BCUT2D eigenvalue weighted by molar-refractivity contribution is 6.05. The first-order chi connectivity index (χ1) is 11.6. The molecule has 0 saturated heterocycles. The van der Waals surface area contributed by atoms with Gasteiger partial charge in [0.1, 0.15) is 5.75 Å². The van der Waals surface area contributed by atoms with E-state index in [0.29, 0.717) is 16.9 Å². The largest absolute Gasteiger partial charge is 0.508 e. The number of furan rings is 1. The minimum Gasteiger partial charge on any atom is -0.508 e. The third kappa shape index (κ3) is 3.61. The number of anilines is 2. The molecule has 0 aliphatic carbocycles. The predicted molar refractivity (Wildman–Crippen MR) is 89.2 cm³/mol. The van der Waals surface area contributed by atoms with Crippen molar-refractivity contribution in [2.75, 3.05) is 10.6 Å². The summed E-state index contributed by atoms with van der Waals surface area (Å²) in [6, 6.07) is 15.9. The molecule has 0 aliphatic rings. The fraction of sp³-hybridized carbons (Fsp3) is 0. The minimum absolute atomic E-state index is 0.0730. The van der Waals surface area contributed by atoms with Crippen LogP contribution in [0.4, 0.5) is 11.4 Å². The van der Waals surface area contributed by atoms with Crippen LogP contribution in [0, 0.1) is 0 Å². The second kappa shape index (κ2) is 6.70. The highest BCUT2D eigenvalue weighted by atomic mass is 16.3. The number of hydrogen-bond acceptors (Lipinski definition) is 4. The van der Waals surface area contributed by atoms with E-state index < -0.39 is 0 Å². The van der Waals surface area contributed by atoms with Crippen LogP contribution in [-0.2, 0) is 0 Å². The molecule has 0 spiro atoms. The van der Waals surface area contributed by atoms with E-state index >= 15 is 0 Å². The molecule has 0 atom stereocenters. The number of hydrogen-bond donors (Lipinski definition) is 3. The van der Waals surface area contributed by atoms with Gasteiger partial charge in [0.25, 0.3) is 11.8 Å². The van der Waals surface area contributed by atoms with Gasteiger partial charge in [-0.05, 0) is 48.5 Å². The molecule has 3 N–H and O–H groups in total. The number of phenols is 1. The van der Waals surface area contributed by atoms with Gasteiger partial charge < -0.3 is 20.2 Å². The molecular formula is C18H14N2O4. The summed E-state index contributed by atoms with van der Waals surface area (Å²) in [6.45, 7) is 0. The molecule has 3 rings (SSSR count). The van der Waals surface area contributed by atoms with Gasteiger partial charge in [0.05, 0.1) is 6.26 Å². The van der Waals surface area contributed by atoms with Crippen molar-refractivity contribution >= 4 is 23.2 Å². The van der Waals surface area contributed by atoms with Crippen LogP contribution in [0.1, 0.15) is 20.9 Å². The van der Waals surface area contributed by atoms with E-state index in [4.69, 9.17) is 4.42 Å². The van der Waals surface area contributed by atoms with Gasteiger partial charge >= 0.3 is 0 Å². The summed E-state index contributed by atoms with van der Waals surface area (Å²) in [7, 11) is 0. The first-order valence-corrected chi connectivity index (χ1v) is 7.17. The van der Waals surface area contributed by atoms with Gasteiger partial charge in [0.15, 0.2) is 5.76 Å². The third-order valence-corrected chi connectivity index (χ3v) is 3.25. The second-order valence-electron chi connectivity index (χ2n) is 5.01. The first-order valence-electron chi connectivity index (χ1n) is 7.17. The Morgan fingerprint density at radius 3 is 2.25 bits per heavy atom. The lowest BCUT2D eigenvalue weighted by Gasteiger charge is -2.07. The molecule has 120 valence electrons. The van der Waals surface area contributed by atoms with Crippen molar-refractivity contribution in [1.29, 1.82) is 0 Å². The number of amides is 2. The van der Waals surface area contributed by atoms with E-state index in [1.54, 1.807) is 48.5 Å². The maximum Gasteiger partial charge on any atom is 0.291 e. The maximum absolute atomic E-state index is 12.2. The standard InChI is InChI=1S/C18H14N2O4/c21-15-4-1-3-14(11-15)20-17(22)12-6-8-13(9-7-12)19-18(23)16-5-2-10-24-16/h1-11,21H,(H,19,23)(H,20,22). The Morgan fingerprint density at radius 2 is 1.58 bits per heavy atom. The van der Waals surface area contributed by atoms with Crippen molar-refractivity contribution in [3.8, 4) is 5.75 Å². The Hall–Kier alpha value is -3.54. The highest BCUT2D eigenvalue weighted by Gasteiger charge is 2.10. The van der Waals surface area contributed by atoms with Crippen LogP contribution in [-0.4, -0.2) is 16.9 Å². The summed E-state index contributed by atoms with van der Waals surface area (Å²) < 4.78 is 5.01. The van der Waals surface area contributed by atoms with E-state index in [9.17, 15) is 14.7 Å². The van der Waals surface area contributed by atoms with Crippen molar-refractivity contribution in [2.24, 2.45) is 0 Å². The van der Waals surface area contributed by atoms with Gasteiger partial charge in [-0.2, -0.15) is 0 Å². The zero-order valence-electron chi connectivity index (χ0n) is 12.5. The van der Waals surface area contributed by atoms with Crippen molar-refractivity contribution in [3.63, 3.8) is 0 Å². The lowest BCUT2D eigenvalue weighted by molar-refractivity contribution is 0.0995. The van der Waals surface area contributed by atoms with Crippen LogP contribution >= 0.6 is 0 Å². The van der Waals surface area contributed by atoms with E-state index in [0.717, 1.165) is 0 Å². The number of phenolic OH excluding ortho intramolecular Hbond substituents is 1. The van der Waals surface area contributed by atoms with Crippen LogP contribution in [0.25, 0.3) is 0 Å². The summed E-state index contributed by atoms with van der Waals surface area (Å²) in [5, 5.41) is 14.7. The van der Waals surface area contributed by atoms with Crippen LogP contribution in [0.5, 0.6) is 5.75 Å². The minimum atomic E-state index is -0.364. The topological polar surface area (TPSA) is 91.6 Å². The average Bonchev–Trinajstić information content (AvgIpc) is 3.10. The first kappa shape index (κ1) is 15.4. The van der Waals surface area contributed by atoms with Gasteiger partial charge in [0, 0.05) is 23.0 Å². The molecule has 0 fully saturated rings. The fourth-order valence-corrected chi connectivity index (χ4v) is 2.09. The van der Waals surface area contributed by atoms with Crippen LogP contribution in [0.2, 0.25) is 0 Å². The molecule has 1 aromatic heterocycles. The highest BCUT2D eigenvalue weighted by Crippen LogP contribution is 2.17. The Labute approximate surface area is 137 Å². The molecule has 0 unspecified atom stereocenters. The molecule has 6 heteroatoms. The number of nitrogens with one attached hydrogen (secondary N) is 2. The summed E-state index contributed by atoms with van der Waals surface area (Å²) in [6.07, 6.45) is 1.42. The Morgan fingerprint density at radius 1 is 0.833 bits per heavy atom. The number of benzene rings is 2. The molecule has 6 nitrogen and oxygen atoms in total. The molecule has 0 aliphatic heterocycles. The van der Waals surface area contributed by atoms with Crippen molar-refractivity contribution in [2.45, 2.75) is 0 Å². The quantitative estimate of drug-likeness (QED) is 0.685. The lowest BCUT2D eigenvalue weighted by Crippen LogP contribution is -2.13. The second-order valence-corrected chi connectivity index (χ2v) is 5.01. The zero-order valence-corrected chi connectivity index (χ0v) is 12.5. The van der Waals surface area contributed by atoms with Crippen molar-refractivity contribution in [3.05, 3.63) is 78.3 Å². The number of carbonyl (C=O) groups is 2. The Balaban J connectivity index is 1.65. The molecule has 2 amide bonds. The molecule has 0 bridgehead atoms. The maximum atomic E-state index is 12.2. The molecule has 0 radical (unpaired) electrons. The van der Waals surface area contributed by atoms with Crippen molar-refractivity contribution < 1.29 is 19.1 Å². The molecule has 3 aromatic rings. The summed E-state index contributed by atoms with van der Waals surface area (Å²) >= 11 is 0. The fourth-order valence-electron chi connectivity index (χ4n) is 2.09. The van der Waals surface area contributed by atoms with Crippen LogP contribution in [0.3, 0.4) is 0 Å². The molecular weight excluding hydrogens is 308 g/mol. The number of aromatic hydroxyl groups is 1. The molecule has 1 heterocycles. The smallest absolute Gasteiger partial charge is 0.291 e. The lowest BCUT2D eigenvalue weighted by atomic mass is 10.2. The van der Waals surface area contributed by atoms with Crippen LogP contribution < -0.4 is 10.6 Å². The van der Waals surface area contributed by atoms with Gasteiger partial charge in [-0.3, -0.25) is 9.59 Å². The van der Waals surface area contributed by atoms with Gasteiger partial charge in [-0.15, -0.1) is 0 Å². The van der Waals surface area contributed by atoms with Crippen LogP contribution in [0.15, 0.2) is 71.3 Å². The van der Waals surface area contributed by atoms with Gasteiger partial charge in [-0.25, -0.2) is 0 Å². The van der Waals surface area contributed by atoms with Gasteiger partial charge in [-0.1, -0.05) is 6.07 Å². The monoisotopic (exact) mass is 322 g/mol. The van der Waals surface area contributed by atoms with E-state index in [1.807, 2.05) is 0 Å². The molecule has 0 saturated carbocycles. The van der Waals surface area contributed by atoms with E-state index in [2.05, 4.69) is 10.6 Å². The Kier molecular flexibility index (Phi) is 4.29.